The van der Waals surface area contributed by atoms with Gasteiger partial charge >= 0.3 is 0 Å². The van der Waals surface area contributed by atoms with Crippen molar-refractivity contribution in [2.45, 2.75) is 12.8 Å². The van der Waals surface area contributed by atoms with E-state index in [4.69, 9.17) is 0 Å². The first-order valence-electron chi connectivity index (χ1n) is 5.45. The van der Waals surface area contributed by atoms with Gasteiger partial charge in [0.15, 0.2) is 0 Å². The van der Waals surface area contributed by atoms with E-state index in [-0.39, 0.29) is 37.1 Å². The quantitative estimate of drug-likeness (QED) is 0.656. The van der Waals surface area contributed by atoms with E-state index in [0.717, 1.165) is 8.47 Å². The highest BCUT2D eigenvalue weighted by atomic mass is 127. The number of imide groups is 1. The molecule has 1 aliphatic heterocycles. The van der Waals surface area contributed by atoms with Gasteiger partial charge in [-0.3, -0.25) is 19.3 Å². The number of amides is 3. The van der Waals surface area contributed by atoms with Crippen molar-refractivity contribution in [3.63, 3.8) is 0 Å². The van der Waals surface area contributed by atoms with Crippen molar-refractivity contribution >= 4 is 46.0 Å². The van der Waals surface area contributed by atoms with E-state index in [2.05, 4.69) is 27.9 Å². The molecule has 1 saturated heterocycles. The Morgan fingerprint density at radius 1 is 1.22 bits per heavy atom. The first-order valence-corrected chi connectivity index (χ1v) is 6.53. The second kappa shape index (κ2) is 5.47. The van der Waals surface area contributed by atoms with Crippen LogP contribution in [0, 0.1) is 3.57 Å². The predicted octanol–water partition coefficient (Wildman–Crippen LogP) is 1.38. The van der Waals surface area contributed by atoms with Gasteiger partial charge in [0.25, 0.3) is 0 Å². The lowest BCUT2D eigenvalue weighted by molar-refractivity contribution is -0.141. The van der Waals surface area contributed by atoms with Gasteiger partial charge < -0.3 is 5.32 Å². The molecule has 0 unspecified atom stereocenters. The van der Waals surface area contributed by atoms with Gasteiger partial charge in [0.2, 0.25) is 17.7 Å². The Hall–Kier alpha value is -1.44. The smallest absolute Gasteiger partial charge is 0.244 e. The van der Waals surface area contributed by atoms with Crippen molar-refractivity contribution in [1.29, 1.82) is 0 Å². The molecule has 2 rings (SSSR count). The summed E-state index contributed by atoms with van der Waals surface area (Å²) < 4.78 is 0.905. The Kier molecular flexibility index (Phi) is 3.95. The third-order valence-electron chi connectivity index (χ3n) is 2.60. The molecule has 1 heterocycles. The molecule has 6 heteroatoms. The monoisotopic (exact) mass is 358 g/mol. The fourth-order valence-corrected chi connectivity index (χ4v) is 2.22. The van der Waals surface area contributed by atoms with Crippen LogP contribution in [-0.4, -0.2) is 29.2 Å². The van der Waals surface area contributed by atoms with E-state index in [9.17, 15) is 14.4 Å². The number of likely N-dealkylation sites (tertiary alicyclic amines) is 1. The molecule has 0 aromatic heterocycles. The molecule has 3 amide bonds. The van der Waals surface area contributed by atoms with Gasteiger partial charge in [0.05, 0.1) is 5.69 Å². The molecule has 0 bridgehead atoms. The molecular formula is C12H11IN2O3. The molecule has 1 aromatic carbocycles. The second-order valence-corrected chi connectivity index (χ2v) is 5.06. The van der Waals surface area contributed by atoms with Crippen LogP contribution in [0.2, 0.25) is 0 Å². The van der Waals surface area contributed by atoms with E-state index < -0.39 is 0 Å². The number of nitrogens with zero attached hydrogens (tertiary/aromatic N) is 1. The fourth-order valence-electron chi connectivity index (χ4n) is 1.70. The zero-order valence-electron chi connectivity index (χ0n) is 9.48. The number of rotatable bonds is 3. The number of nitrogens with one attached hydrogen (secondary N) is 1. The van der Waals surface area contributed by atoms with Crippen molar-refractivity contribution in [3.05, 3.63) is 27.8 Å². The van der Waals surface area contributed by atoms with E-state index in [1.807, 2.05) is 18.2 Å². The number of hydrogen-bond donors (Lipinski definition) is 1. The van der Waals surface area contributed by atoms with Crippen molar-refractivity contribution in [3.8, 4) is 0 Å². The SMILES string of the molecule is O=C(CN1C(=O)CCC1=O)Nc1ccccc1I. The number of benzene rings is 1. The number of halogens is 1. The Morgan fingerprint density at radius 3 is 2.44 bits per heavy atom. The van der Waals surface area contributed by atoms with E-state index in [1.54, 1.807) is 6.07 Å². The number of carbonyl (C=O) groups excluding carboxylic acids is 3. The van der Waals surface area contributed by atoms with Crippen molar-refractivity contribution in [1.82, 2.24) is 4.90 Å². The molecule has 1 aromatic rings. The highest BCUT2D eigenvalue weighted by Crippen LogP contribution is 2.17. The lowest BCUT2D eigenvalue weighted by Crippen LogP contribution is -2.36. The first kappa shape index (κ1) is 13.0. The van der Waals surface area contributed by atoms with Crippen LogP contribution in [0.4, 0.5) is 5.69 Å². The summed E-state index contributed by atoms with van der Waals surface area (Å²) in [7, 11) is 0. The van der Waals surface area contributed by atoms with Gasteiger partial charge in [-0.15, -0.1) is 0 Å². The Labute approximate surface area is 118 Å². The van der Waals surface area contributed by atoms with E-state index >= 15 is 0 Å². The molecule has 0 aliphatic carbocycles. The minimum Gasteiger partial charge on any atom is -0.324 e. The predicted molar refractivity (Wildman–Crippen MR) is 73.7 cm³/mol. The van der Waals surface area contributed by atoms with Gasteiger partial charge in [-0.2, -0.15) is 0 Å². The fraction of sp³-hybridized carbons (Fsp3) is 0.250. The summed E-state index contributed by atoms with van der Waals surface area (Å²) in [5.41, 5.74) is 0.683. The summed E-state index contributed by atoms with van der Waals surface area (Å²) in [6.45, 7) is -0.206. The van der Waals surface area contributed by atoms with Crippen LogP contribution in [0.3, 0.4) is 0 Å². The lowest BCUT2D eigenvalue weighted by Gasteiger charge is -2.13. The zero-order valence-corrected chi connectivity index (χ0v) is 11.6. The number of anilines is 1. The number of para-hydroxylation sites is 1. The van der Waals surface area contributed by atoms with Gasteiger partial charge in [-0.25, -0.2) is 0 Å². The van der Waals surface area contributed by atoms with Crippen LogP contribution in [0.1, 0.15) is 12.8 Å². The van der Waals surface area contributed by atoms with Gasteiger partial charge in [0, 0.05) is 16.4 Å². The minimum absolute atomic E-state index is 0.203. The third kappa shape index (κ3) is 2.87. The van der Waals surface area contributed by atoms with Crippen LogP contribution in [0.5, 0.6) is 0 Å². The Morgan fingerprint density at radius 2 is 1.83 bits per heavy atom. The highest BCUT2D eigenvalue weighted by molar-refractivity contribution is 14.1. The molecular weight excluding hydrogens is 347 g/mol. The second-order valence-electron chi connectivity index (χ2n) is 3.90. The largest absolute Gasteiger partial charge is 0.324 e. The first-order chi connectivity index (χ1) is 8.58. The number of carbonyl (C=O) groups is 3. The van der Waals surface area contributed by atoms with Gasteiger partial charge in [-0.1, -0.05) is 12.1 Å². The highest BCUT2D eigenvalue weighted by Gasteiger charge is 2.30. The Bertz CT molecular complexity index is 500. The standard InChI is InChI=1S/C12H11IN2O3/c13-8-3-1-2-4-9(8)14-10(16)7-15-11(17)5-6-12(15)18/h1-4H,5-7H2,(H,14,16). The summed E-state index contributed by atoms with van der Waals surface area (Å²) in [6.07, 6.45) is 0.407. The summed E-state index contributed by atoms with van der Waals surface area (Å²) in [5, 5.41) is 2.69. The van der Waals surface area contributed by atoms with E-state index in [1.165, 1.54) is 0 Å². The minimum atomic E-state index is -0.359. The topological polar surface area (TPSA) is 66.5 Å². The summed E-state index contributed by atoms with van der Waals surface area (Å²) in [6, 6.07) is 7.31. The Balaban J connectivity index is 1.99. The van der Waals surface area contributed by atoms with Gasteiger partial charge in [-0.05, 0) is 34.7 Å². The molecule has 0 radical (unpaired) electrons. The maximum absolute atomic E-state index is 11.8. The summed E-state index contributed by atoms with van der Waals surface area (Å²) >= 11 is 2.10. The molecule has 94 valence electrons. The molecule has 1 aliphatic rings. The number of hydrogen-bond acceptors (Lipinski definition) is 3. The van der Waals surface area contributed by atoms with Crippen LogP contribution in [-0.2, 0) is 14.4 Å². The zero-order chi connectivity index (χ0) is 13.1. The molecule has 1 fully saturated rings. The van der Waals surface area contributed by atoms with Crippen molar-refractivity contribution < 1.29 is 14.4 Å². The van der Waals surface area contributed by atoms with Crippen LogP contribution in [0.15, 0.2) is 24.3 Å². The molecule has 1 N–H and O–H groups in total. The third-order valence-corrected chi connectivity index (χ3v) is 3.55. The van der Waals surface area contributed by atoms with Crippen LogP contribution < -0.4 is 5.32 Å². The molecule has 0 atom stereocenters. The normalized spacial score (nSPS) is 15.1. The average molecular weight is 358 g/mol. The van der Waals surface area contributed by atoms with Gasteiger partial charge in [0.1, 0.15) is 6.54 Å². The molecule has 5 nitrogen and oxygen atoms in total. The molecule has 18 heavy (non-hydrogen) atoms. The summed E-state index contributed by atoms with van der Waals surface area (Å²) in [4.78, 5) is 35.5. The maximum Gasteiger partial charge on any atom is 0.244 e. The molecule has 0 saturated carbocycles. The summed E-state index contributed by atoms with van der Waals surface area (Å²) in [5.74, 6) is -0.918. The maximum atomic E-state index is 11.8. The van der Waals surface area contributed by atoms with Crippen LogP contribution >= 0.6 is 22.6 Å². The van der Waals surface area contributed by atoms with Crippen molar-refractivity contribution in [2.24, 2.45) is 0 Å². The lowest BCUT2D eigenvalue weighted by atomic mass is 10.3. The van der Waals surface area contributed by atoms with E-state index in [0.29, 0.717) is 5.69 Å². The molecule has 0 spiro atoms. The van der Waals surface area contributed by atoms with Crippen molar-refractivity contribution in [2.75, 3.05) is 11.9 Å². The average Bonchev–Trinajstić information content (AvgIpc) is 2.64. The van der Waals surface area contributed by atoms with Crippen LogP contribution in [0.25, 0.3) is 0 Å².